The molecule has 0 bridgehead atoms. The first kappa shape index (κ1) is 11.5. The van der Waals surface area contributed by atoms with Crippen molar-refractivity contribution in [2.45, 2.75) is 0 Å². The molecule has 0 saturated heterocycles. The minimum atomic E-state index is -0.372. The van der Waals surface area contributed by atoms with E-state index in [9.17, 15) is 4.79 Å². The molecule has 4 nitrogen and oxygen atoms in total. The van der Waals surface area contributed by atoms with Crippen LogP contribution in [0.15, 0.2) is 18.2 Å². The van der Waals surface area contributed by atoms with Crippen LogP contribution in [0, 0.1) is 3.57 Å². The summed E-state index contributed by atoms with van der Waals surface area (Å²) >= 11 is 7.91. The third-order valence-corrected chi connectivity index (χ3v) is 3.03. The number of hydrogen-bond donors (Lipinski definition) is 2. The van der Waals surface area contributed by atoms with Crippen LogP contribution in [0.4, 0.5) is 10.5 Å². The number of nitrogens with two attached hydrogens (primary N) is 1. The van der Waals surface area contributed by atoms with E-state index in [0.717, 1.165) is 8.58 Å². The third kappa shape index (κ3) is 3.00. The molecule has 2 amide bonds. The Morgan fingerprint density at radius 1 is 1.64 bits per heavy atom. The topological polar surface area (TPSA) is 58.4 Å². The van der Waals surface area contributed by atoms with Gasteiger partial charge < -0.3 is 5.32 Å². The summed E-state index contributed by atoms with van der Waals surface area (Å²) in [4.78, 5) is 11.2. The molecule has 0 radical (unpaired) electrons. The van der Waals surface area contributed by atoms with Crippen molar-refractivity contribution in [1.29, 1.82) is 0 Å². The van der Waals surface area contributed by atoms with Crippen LogP contribution in [-0.4, -0.2) is 18.1 Å². The molecule has 0 heterocycles. The number of rotatable bonds is 1. The Bertz CT molecular complexity index is 356. The average molecular weight is 326 g/mol. The van der Waals surface area contributed by atoms with E-state index < -0.39 is 0 Å². The maximum absolute atomic E-state index is 11.2. The zero-order chi connectivity index (χ0) is 10.7. The van der Waals surface area contributed by atoms with E-state index >= 15 is 0 Å². The number of hydrazine groups is 1. The van der Waals surface area contributed by atoms with Crippen LogP contribution in [0.1, 0.15) is 0 Å². The van der Waals surface area contributed by atoms with Crippen molar-refractivity contribution in [3.63, 3.8) is 0 Å². The van der Waals surface area contributed by atoms with Crippen LogP contribution in [0.2, 0.25) is 5.02 Å². The Morgan fingerprint density at radius 3 is 2.79 bits per heavy atom. The van der Waals surface area contributed by atoms with Gasteiger partial charge in [0.05, 0.1) is 5.02 Å². The summed E-state index contributed by atoms with van der Waals surface area (Å²) in [6, 6.07) is 4.83. The van der Waals surface area contributed by atoms with Gasteiger partial charge in [-0.25, -0.2) is 10.6 Å². The van der Waals surface area contributed by atoms with Gasteiger partial charge in [-0.15, -0.1) is 0 Å². The van der Waals surface area contributed by atoms with E-state index in [2.05, 4.69) is 27.9 Å². The van der Waals surface area contributed by atoms with Crippen molar-refractivity contribution >= 4 is 45.9 Å². The van der Waals surface area contributed by atoms with Gasteiger partial charge in [0.15, 0.2) is 0 Å². The van der Waals surface area contributed by atoms with Gasteiger partial charge in [0.1, 0.15) is 0 Å². The first-order chi connectivity index (χ1) is 6.50. The number of nitrogens with zero attached hydrogens (tertiary/aromatic N) is 1. The van der Waals surface area contributed by atoms with Gasteiger partial charge in [-0.3, -0.25) is 5.01 Å². The summed E-state index contributed by atoms with van der Waals surface area (Å²) in [6.07, 6.45) is 0. The van der Waals surface area contributed by atoms with E-state index in [1.165, 1.54) is 7.05 Å². The average Bonchev–Trinajstić information content (AvgIpc) is 2.11. The largest absolute Gasteiger partial charge is 0.335 e. The number of nitrogens with one attached hydrogen (secondary N) is 1. The molecule has 0 aliphatic heterocycles. The Morgan fingerprint density at radius 2 is 2.29 bits per heavy atom. The Labute approximate surface area is 101 Å². The number of halogens is 2. The Kier molecular flexibility index (Phi) is 3.97. The van der Waals surface area contributed by atoms with E-state index in [1.807, 2.05) is 0 Å². The van der Waals surface area contributed by atoms with Gasteiger partial charge in [-0.1, -0.05) is 11.6 Å². The number of carbonyl (C=O) groups is 1. The number of anilines is 1. The number of benzene rings is 1. The normalized spacial score (nSPS) is 9.71. The molecule has 6 heteroatoms. The second kappa shape index (κ2) is 4.81. The Hall–Kier alpha value is -0.530. The predicted octanol–water partition coefficient (Wildman–Crippen LogP) is 2.28. The molecule has 0 saturated carbocycles. The lowest BCUT2D eigenvalue weighted by molar-refractivity contribution is 0.223. The number of amides is 2. The van der Waals surface area contributed by atoms with Crippen molar-refractivity contribution in [3.05, 3.63) is 26.8 Å². The van der Waals surface area contributed by atoms with Gasteiger partial charge >= 0.3 is 6.03 Å². The Balaban J connectivity index is 2.78. The van der Waals surface area contributed by atoms with Crippen molar-refractivity contribution in [2.24, 2.45) is 5.84 Å². The standard InChI is InChI=1S/C8H9ClIN3O/c1-13(11)8(14)12-5-2-3-6(9)7(10)4-5/h2-4H,11H2,1H3,(H,12,14). The predicted molar refractivity (Wildman–Crippen MR) is 65.1 cm³/mol. The third-order valence-electron chi connectivity index (χ3n) is 1.49. The summed E-state index contributed by atoms with van der Waals surface area (Å²) in [5, 5.41) is 4.24. The number of urea groups is 1. The van der Waals surface area contributed by atoms with Crippen LogP contribution in [0.25, 0.3) is 0 Å². The molecule has 14 heavy (non-hydrogen) atoms. The van der Waals surface area contributed by atoms with Gasteiger partial charge in [-0.05, 0) is 40.8 Å². The molecule has 0 aromatic heterocycles. The minimum absolute atomic E-state index is 0.372. The second-order valence-electron chi connectivity index (χ2n) is 2.67. The van der Waals surface area contributed by atoms with E-state index in [4.69, 9.17) is 17.4 Å². The minimum Gasteiger partial charge on any atom is -0.307 e. The fourth-order valence-electron chi connectivity index (χ4n) is 0.786. The number of hydrogen-bond acceptors (Lipinski definition) is 2. The van der Waals surface area contributed by atoms with E-state index in [1.54, 1.807) is 18.2 Å². The first-order valence-electron chi connectivity index (χ1n) is 3.75. The second-order valence-corrected chi connectivity index (χ2v) is 4.24. The van der Waals surface area contributed by atoms with Crippen molar-refractivity contribution in [2.75, 3.05) is 12.4 Å². The maximum atomic E-state index is 11.2. The van der Waals surface area contributed by atoms with Crippen molar-refractivity contribution in [1.82, 2.24) is 5.01 Å². The highest BCUT2D eigenvalue weighted by Crippen LogP contribution is 2.21. The lowest BCUT2D eigenvalue weighted by Gasteiger charge is -2.11. The summed E-state index contributed by atoms with van der Waals surface area (Å²) in [6.45, 7) is 0. The molecule has 0 unspecified atom stereocenters. The smallest absolute Gasteiger partial charge is 0.307 e. The molecule has 0 fully saturated rings. The highest BCUT2D eigenvalue weighted by atomic mass is 127. The molecule has 3 N–H and O–H groups in total. The fraction of sp³-hybridized carbons (Fsp3) is 0.125. The monoisotopic (exact) mass is 325 g/mol. The molecule has 0 atom stereocenters. The van der Waals surface area contributed by atoms with Crippen molar-refractivity contribution in [3.8, 4) is 0 Å². The molecule has 0 aliphatic rings. The zero-order valence-electron chi connectivity index (χ0n) is 7.42. The molecule has 76 valence electrons. The van der Waals surface area contributed by atoms with Gasteiger partial charge in [0, 0.05) is 16.3 Å². The number of carbonyl (C=O) groups excluding carboxylic acids is 1. The van der Waals surface area contributed by atoms with E-state index in [0.29, 0.717) is 10.7 Å². The molecule has 1 aromatic rings. The molecular weight excluding hydrogens is 316 g/mol. The van der Waals surface area contributed by atoms with Crippen LogP contribution in [0.3, 0.4) is 0 Å². The molecule has 1 aromatic carbocycles. The molecule has 1 rings (SSSR count). The highest BCUT2D eigenvalue weighted by molar-refractivity contribution is 14.1. The van der Waals surface area contributed by atoms with E-state index in [-0.39, 0.29) is 6.03 Å². The zero-order valence-corrected chi connectivity index (χ0v) is 10.3. The highest BCUT2D eigenvalue weighted by Gasteiger charge is 2.05. The molecule has 0 spiro atoms. The lowest BCUT2D eigenvalue weighted by Crippen LogP contribution is -2.36. The van der Waals surface area contributed by atoms with Gasteiger partial charge in [-0.2, -0.15) is 0 Å². The maximum Gasteiger partial charge on any atom is 0.335 e. The van der Waals surface area contributed by atoms with Crippen LogP contribution >= 0.6 is 34.2 Å². The molecular formula is C8H9ClIN3O. The van der Waals surface area contributed by atoms with Gasteiger partial charge in [0.2, 0.25) is 0 Å². The summed E-state index contributed by atoms with van der Waals surface area (Å²) in [7, 11) is 1.47. The van der Waals surface area contributed by atoms with Gasteiger partial charge in [0.25, 0.3) is 0 Å². The SMILES string of the molecule is CN(N)C(=O)Nc1ccc(Cl)c(I)c1. The van der Waals surface area contributed by atoms with Crippen molar-refractivity contribution < 1.29 is 4.79 Å². The quantitative estimate of drug-likeness (QED) is 0.360. The fourth-order valence-corrected chi connectivity index (χ4v) is 1.42. The van der Waals surface area contributed by atoms with Crippen LogP contribution in [0.5, 0.6) is 0 Å². The first-order valence-corrected chi connectivity index (χ1v) is 5.21. The van der Waals surface area contributed by atoms with Crippen LogP contribution < -0.4 is 11.2 Å². The lowest BCUT2D eigenvalue weighted by atomic mass is 10.3. The van der Waals surface area contributed by atoms with Crippen LogP contribution in [-0.2, 0) is 0 Å². The summed E-state index contributed by atoms with van der Waals surface area (Å²) in [5.74, 6) is 5.25. The molecule has 0 aliphatic carbocycles. The summed E-state index contributed by atoms with van der Waals surface area (Å²) in [5.41, 5.74) is 0.668. The summed E-state index contributed by atoms with van der Waals surface area (Å²) < 4.78 is 0.877.